The summed E-state index contributed by atoms with van der Waals surface area (Å²) in [5.41, 5.74) is 1.93. The predicted molar refractivity (Wildman–Crippen MR) is 68.6 cm³/mol. The lowest BCUT2D eigenvalue weighted by atomic mass is 10.0. The van der Waals surface area contributed by atoms with Gasteiger partial charge in [0.25, 0.3) is 5.91 Å². The molecule has 0 bridgehead atoms. The number of rotatable bonds is 4. The Labute approximate surface area is 106 Å². The zero-order valence-electron chi connectivity index (χ0n) is 10.2. The molecule has 0 saturated carbocycles. The van der Waals surface area contributed by atoms with Crippen LogP contribution in [0.15, 0.2) is 18.2 Å². The molecule has 3 rings (SSSR count). The second kappa shape index (κ2) is 4.96. The summed E-state index contributed by atoms with van der Waals surface area (Å²) in [5.74, 6) is 1.42. The molecule has 1 amide bonds. The van der Waals surface area contributed by atoms with Crippen LogP contribution in [0, 0.1) is 5.92 Å². The normalized spacial score (nSPS) is 18.6. The number of carbonyl (C=O) groups excluding carboxylic acids is 1. The van der Waals surface area contributed by atoms with Crippen LogP contribution in [0.25, 0.3) is 0 Å². The first kappa shape index (κ1) is 11.5. The van der Waals surface area contributed by atoms with E-state index < -0.39 is 0 Å². The summed E-state index contributed by atoms with van der Waals surface area (Å²) < 4.78 is 5.32. The number of anilines is 1. The van der Waals surface area contributed by atoms with Crippen molar-refractivity contribution in [1.29, 1.82) is 0 Å². The summed E-state index contributed by atoms with van der Waals surface area (Å²) in [6, 6.07) is 5.91. The largest absolute Gasteiger partial charge is 0.482 e. The van der Waals surface area contributed by atoms with E-state index in [9.17, 15) is 4.79 Å². The van der Waals surface area contributed by atoms with E-state index in [1.165, 1.54) is 0 Å². The first-order chi connectivity index (χ1) is 8.81. The number of carbonyl (C=O) groups is 1. The fraction of sp³-hybridized carbons (Fsp3) is 0.462. The molecule has 0 atom stereocenters. The Morgan fingerprint density at radius 1 is 1.39 bits per heavy atom. The second-order valence-corrected chi connectivity index (χ2v) is 4.82. The summed E-state index contributed by atoms with van der Waals surface area (Å²) in [6.07, 6.45) is 0. The van der Waals surface area contributed by atoms with Gasteiger partial charge < -0.3 is 20.7 Å². The lowest BCUT2D eigenvalue weighted by Gasteiger charge is -2.27. The van der Waals surface area contributed by atoms with Crippen molar-refractivity contribution in [2.75, 3.05) is 31.6 Å². The zero-order valence-corrected chi connectivity index (χ0v) is 10.2. The molecule has 0 radical (unpaired) electrons. The number of benzene rings is 1. The van der Waals surface area contributed by atoms with Gasteiger partial charge in [0.05, 0.1) is 5.69 Å². The molecule has 1 aromatic rings. The van der Waals surface area contributed by atoms with Gasteiger partial charge in [-0.05, 0) is 23.6 Å². The van der Waals surface area contributed by atoms with E-state index in [2.05, 4.69) is 16.0 Å². The van der Waals surface area contributed by atoms with Gasteiger partial charge in [-0.15, -0.1) is 0 Å². The Bertz CT molecular complexity index is 458. The van der Waals surface area contributed by atoms with Gasteiger partial charge in [0.2, 0.25) is 0 Å². The third-order valence-corrected chi connectivity index (χ3v) is 3.30. The van der Waals surface area contributed by atoms with Gasteiger partial charge in [0, 0.05) is 26.2 Å². The van der Waals surface area contributed by atoms with Crippen LogP contribution in [0.1, 0.15) is 5.56 Å². The van der Waals surface area contributed by atoms with Crippen LogP contribution in [0.2, 0.25) is 0 Å². The van der Waals surface area contributed by atoms with Gasteiger partial charge in [-0.2, -0.15) is 0 Å². The maximum atomic E-state index is 11.2. The second-order valence-electron chi connectivity index (χ2n) is 4.82. The Hall–Kier alpha value is -1.59. The van der Waals surface area contributed by atoms with Crippen LogP contribution in [0.3, 0.4) is 0 Å². The molecule has 2 heterocycles. The number of nitrogens with one attached hydrogen (secondary N) is 3. The Balaban J connectivity index is 1.58. The highest BCUT2D eigenvalue weighted by Gasteiger charge is 2.17. The fourth-order valence-corrected chi connectivity index (χ4v) is 2.15. The molecule has 5 heteroatoms. The Kier molecular flexibility index (Phi) is 3.17. The summed E-state index contributed by atoms with van der Waals surface area (Å²) in [7, 11) is 0. The number of hydrogen-bond acceptors (Lipinski definition) is 4. The minimum atomic E-state index is -0.0897. The Morgan fingerprint density at radius 2 is 2.28 bits per heavy atom. The molecule has 0 aliphatic carbocycles. The smallest absolute Gasteiger partial charge is 0.262 e. The molecule has 2 aliphatic heterocycles. The quantitative estimate of drug-likeness (QED) is 0.717. The molecular weight excluding hydrogens is 230 g/mol. The number of fused-ring (bicyclic) bond motifs is 1. The maximum Gasteiger partial charge on any atom is 0.262 e. The predicted octanol–water partition coefficient (Wildman–Crippen LogP) is 0.326. The first-order valence-corrected chi connectivity index (χ1v) is 6.28. The number of ether oxygens (including phenoxy) is 1. The van der Waals surface area contributed by atoms with Crippen molar-refractivity contribution in [3.63, 3.8) is 0 Å². The topological polar surface area (TPSA) is 62.4 Å². The number of hydrogen-bond donors (Lipinski definition) is 3. The molecule has 5 nitrogen and oxygen atoms in total. The molecule has 0 aromatic heterocycles. The highest BCUT2D eigenvalue weighted by molar-refractivity contribution is 5.95. The average molecular weight is 247 g/mol. The van der Waals surface area contributed by atoms with E-state index in [0.717, 1.165) is 49.1 Å². The van der Waals surface area contributed by atoms with E-state index in [1.54, 1.807) is 0 Å². The van der Waals surface area contributed by atoms with Gasteiger partial charge in [-0.1, -0.05) is 6.07 Å². The summed E-state index contributed by atoms with van der Waals surface area (Å²) in [5, 5.41) is 9.50. The van der Waals surface area contributed by atoms with Crippen LogP contribution in [0.5, 0.6) is 5.75 Å². The summed E-state index contributed by atoms with van der Waals surface area (Å²) in [6.45, 7) is 4.19. The summed E-state index contributed by atoms with van der Waals surface area (Å²) in [4.78, 5) is 11.2. The molecular formula is C13H17N3O2. The van der Waals surface area contributed by atoms with Crippen LogP contribution in [-0.2, 0) is 11.3 Å². The van der Waals surface area contributed by atoms with Gasteiger partial charge in [0.15, 0.2) is 6.61 Å². The van der Waals surface area contributed by atoms with Crippen molar-refractivity contribution in [3.05, 3.63) is 23.8 Å². The van der Waals surface area contributed by atoms with E-state index in [-0.39, 0.29) is 12.5 Å². The van der Waals surface area contributed by atoms with Gasteiger partial charge in [0.1, 0.15) is 5.75 Å². The van der Waals surface area contributed by atoms with Crippen LogP contribution < -0.4 is 20.7 Å². The van der Waals surface area contributed by atoms with Crippen LogP contribution >= 0.6 is 0 Å². The standard InChI is InChI=1S/C13H17N3O2/c17-13-8-18-12-2-1-9(3-11(12)16-13)4-14-5-10-6-15-7-10/h1-3,10,14-15H,4-8H2,(H,16,17). The SMILES string of the molecule is O=C1COc2ccc(CNCC3CNC3)cc2N1. The van der Waals surface area contributed by atoms with Crippen molar-refractivity contribution in [2.24, 2.45) is 5.92 Å². The van der Waals surface area contributed by atoms with Crippen LogP contribution in [0.4, 0.5) is 5.69 Å². The van der Waals surface area contributed by atoms with Crippen molar-refractivity contribution in [2.45, 2.75) is 6.54 Å². The van der Waals surface area contributed by atoms with Crippen molar-refractivity contribution >= 4 is 11.6 Å². The molecule has 1 aromatic carbocycles. The highest BCUT2D eigenvalue weighted by atomic mass is 16.5. The fourth-order valence-electron chi connectivity index (χ4n) is 2.15. The lowest BCUT2D eigenvalue weighted by Crippen LogP contribution is -2.47. The average Bonchev–Trinajstić information content (AvgIpc) is 2.32. The van der Waals surface area contributed by atoms with E-state index in [4.69, 9.17) is 4.74 Å². The van der Waals surface area contributed by atoms with Crippen molar-refractivity contribution in [1.82, 2.24) is 10.6 Å². The molecule has 1 saturated heterocycles. The Morgan fingerprint density at radius 3 is 3.06 bits per heavy atom. The molecule has 2 aliphatic rings. The maximum absolute atomic E-state index is 11.2. The molecule has 0 unspecified atom stereocenters. The minimum absolute atomic E-state index is 0.0897. The first-order valence-electron chi connectivity index (χ1n) is 6.28. The third-order valence-electron chi connectivity index (χ3n) is 3.30. The highest BCUT2D eigenvalue weighted by Crippen LogP contribution is 2.28. The van der Waals surface area contributed by atoms with Crippen molar-refractivity contribution < 1.29 is 9.53 Å². The molecule has 3 N–H and O–H groups in total. The lowest BCUT2D eigenvalue weighted by molar-refractivity contribution is -0.118. The summed E-state index contributed by atoms with van der Waals surface area (Å²) >= 11 is 0. The third kappa shape index (κ3) is 2.47. The number of amides is 1. The van der Waals surface area contributed by atoms with E-state index in [0.29, 0.717) is 0 Å². The van der Waals surface area contributed by atoms with Gasteiger partial charge in [-0.3, -0.25) is 4.79 Å². The van der Waals surface area contributed by atoms with E-state index >= 15 is 0 Å². The van der Waals surface area contributed by atoms with Crippen LogP contribution in [-0.4, -0.2) is 32.1 Å². The molecule has 1 fully saturated rings. The van der Waals surface area contributed by atoms with Gasteiger partial charge in [-0.25, -0.2) is 0 Å². The monoisotopic (exact) mass is 247 g/mol. The van der Waals surface area contributed by atoms with Gasteiger partial charge >= 0.3 is 0 Å². The minimum Gasteiger partial charge on any atom is -0.482 e. The molecule has 0 spiro atoms. The van der Waals surface area contributed by atoms with Crippen molar-refractivity contribution in [3.8, 4) is 5.75 Å². The molecule has 96 valence electrons. The zero-order chi connectivity index (χ0) is 12.4. The van der Waals surface area contributed by atoms with E-state index in [1.807, 2.05) is 18.2 Å². The molecule has 18 heavy (non-hydrogen) atoms.